The predicted octanol–water partition coefficient (Wildman–Crippen LogP) is 0.815. The van der Waals surface area contributed by atoms with Gasteiger partial charge in [-0.25, -0.2) is 16.8 Å². The van der Waals surface area contributed by atoms with Crippen LogP contribution >= 0.6 is 0 Å². The molecule has 0 aliphatic carbocycles. The fraction of sp³-hybridized carbons (Fsp3) is 0.500. The van der Waals surface area contributed by atoms with Gasteiger partial charge in [-0.1, -0.05) is 13.8 Å². The Kier molecular flexibility index (Phi) is 5.59. The van der Waals surface area contributed by atoms with Crippen LogP contribution in [0.25, 0.3) is 0 Å². The second-order valence-electron chi connectivity index (χ2n) is 2.58. The van der Waals surface area contributed by atoms with Crippen molar-refractivity contribution >= 4 is 19.7 Å². The zero-order valence-electron chi connectivity index (χ0n) is 8.58. The molecular weight excluding hydrogens is 240 g/mol. The van der Waals surface area contributed by atoms with E-state index in [0.717, 1.165) is 23.3 Å². The van der Waals surface area contributed by atoms with Gasteiger partial charge < -0.3 is 4.74 Å². The maximum Gasteiger partial charge on any atom is 0.174 e. The van der Waals surface area contributed by atoms with Crippen molar-refractivity contribution in [3.05, 3.63) is 23.3 Å². The molecule has 5 nitrogen and oxygen atoms in total. The van der Waals surface area contributed by atoms with Crippen molar-refractivity contribution in [1.82, 2.24) is 0 Å². The molecule has 0 radical (unpaired) electrons. The fourth-order valence-electron chi connectivity index (χ4n) is 0.471. The summed E-state index contributed by atoms with van der Waals surface area (Å²) in [4.78, 5) is 0. The number of hydrogen-bond acceptors (Lipinski definition) is 5. The summed E-state index contributed by atoms with van der Waals surface area (Å²) in [5.41, 5.74) is 0. The molecule has 0 N–H and O–H groups in total. The van der Waals surface area contributed by atoms with Crippen LogP contribution in [0.4, 0.5) is 0 Å². The van der Waals surface area contributed by atoms with E-state index in [-0.39, 0.29) is 11.5 Å². The Balaban J connectivity index is 4.23. The number of sulfone groups is 2. The topological polar surface area (TPSA) is 77.5 Å². The summed E-state index contributed by atoms with van der Waals surface area (Å²) in [6, 6.07) is 0. The largest absolute Gasteiger partial charge is 0.471 e. The first-order valence-corrected chi connectivity index (χ1v) is 7.70. The summed E-state index contributed by atoms with van der Waals surface area (Å²) in [5.74, 6) is -0.0480. The number of rotatable bonds is 6. The molecule has 0 atom stereocenters. The van der Waals surface area contributed by atoms with E-state index in [1.165, 1.54) is 13.8 Å². The third-order valence-electron chi connectivity index (χ3n) is 1.49. The van der Waals surface area contributed by atoms with Crippen LogP contribution in [0.5, 0.6) is 0 Å². The van der Waals surface area contributed by atoms with Gasteiger partial charge in [0.25, 0.3) is 0 Å². The third-order valence-corrected chi connectivity index (χ3v) is 4.15. The lowest BCUT2D eigenvalue weighted by molar-refractivity contribution is 0.404. The van der Waals surface area contributed by atoms with Gasteiger partial charge in [0, 0.05) is 0 Å². The number of ether oxygens (including phenoxy) is 1. The molecule has 0 aromatic carbocycles. The molecule has 0 aromatic heterocycles. The molecule has 0 rings (SSSR count). The molecule has 88 valence electrons. The zero-order valence-corrected chi connectivity index (χ0v) is 10.2. The molecule has 0 saturated heterocycles. The molecule has 0 aliphatic heterocycles. The molecule has 0 saturated carbocycles. The SMILES string of the molecule is CCS(=O)(=O)C=COC=CS(=O)(=O)CC. The maximum atomic E-state index is 10.9. The van der Waals surface area contributed by atoms with Crippen molar-refractivity contribution in [2.24, 2.45) is 0 Å². The van der Waals surface area contributed by atoms with Crippen LogP contribution < -0.4 is 0 Å². The van der Waals surface area contributed by atoms with E-state index in [4.69, 9.17) is 0 Å². The molecule has 7 heteroatoms. The van der Waals surface area contributed by atoms with E-state index in [1.807, 2.05) is 0 Å². The van der Waals surface area contributed by atoms with Crippen molar-refractivity contribution in [3.8, 4) is 0 Å². The lowest BCUT2D eigenvalue weighted by Crippen LogP contribution is -1.98. The standard InChI is InChI=1S/C8H14O5S2/c1-3-14(9,10)7-5-13-6-8-15(11,12)4-2/h5-8H,3-4H2,1-2H3. The molecular formula is C8H14O5S2. The average Bonchev–Trinajstić information content (AvgIpc) is 2.17. The van der Waals surface area contributed by atoms with E-state index < -0.39 is 19.7 Å². The molecule has 0 spiro atoms. The highest BCUT2D eigenvalue weighted by molar-refractivity contribution is 7.94. The molecule has 0 bridgehead atoms. The van der Waals surface area contributed by atoms with Gasteiger partial charge in [-0.3, -0.25) is 0 Å². The Morgan fingerprint density at radius 1 is 0.867 bits per heavy atom. The van der Waals surface area contributed by atoms with Crippen molar-refractivity contribution in [2.75, 3.05) is 11.5 Å². The second kappa shape index (κ2) is 5.92. The normalized spacial score (nSPS) is 13.7. The molecule has 0 amide bonds. The molecule has 15 heavy (non-hydrogen) atoms. The predicted molar refractivity (Wildman–Crippen MR) is 58.3 cm³/mol. The quantitative estimate of drug-likeness (QED) is 0.656. The van der Waals surface area contributed by atoms with Crippen molar-refractivity contribution < 1.29 is 21.6 Å². The smallest absolute Gasteiger partial charge is 0.174 e. The van der Waals surface area contributed by atoms with E-state index in [1.54, 1.807) is 0 Å². The van der Waals surface area contributed by atoms with E-state index in [9.17, 15) is 16.8 Å². The summed E-state index contributed by atoms with van der Waals surface area (Å²) in [7, 11) is -6.46. The van der Waals surface area contributed by atoms with Crippen LogP contribution in [0.1, 0.15) is 13.8 Å². The van der Waals surface area contributed by atoms with Crippen LogP contribution in [0.15, 0.2) is 23.3 Å². The Hall–Kier alpha value is -0.820. The number of hydrogen-bond donors (Lipinski definition) is 0. The van der Waals surface area contributed by atoms with Crippen LogP contribution in [0, 0.1) is 0 Å². The molecule has 0 heterocycles. The zero-order chi connectivity index (χ0) is 11.9. The van der Waals surface area contributed by atoms with Crippen LogP contribution in [-0.4, -0.2) is 28.3 Å². The Morgan fingerprint density at radius 2 is 1.20 bits per heavy atom. The first-order chi connectivity index (χ1) is 6.83. The molecule has 0 unspecified atom stereocenters. The Labute approximate surface area is 90.3 Å². The minimum atomic E-state index is -3.23. The third kappa shape index (κ3) is 7.15. The van der Waals surface area contributed by atoms with Crippen LogP contribution in [0.3, 0.4) is 0 Å². The van der Waals surface area contributed by atoms with Gasteiger partial charge in [0.05, 0.1) is 22.3 Å². The molecule has 0 aromatic rings. The van der Waals surface area contributed by atoms with Crippen LogP contribution in [0.2, 0.25) is 0 Å². The van der Waals surface area contributed by atoms with Gasteiger partial charge in [0.1, 0.15) is 12.5 Å². The van der Waals surface area contributed by atoms with Crippen molar-refractivity contribution in [1.29, 1.82) is 0 Å². The lowest BCUT2D eigenvalue weighted by Gasteiger charge is -1.92. The van der Waals surface area contributed by atoms with Gasteiger partial charge in [-0.2, -0.15) is 0 Å². The first-order valence-electron chi connectivity index (χ1n) is 4.27. The van der Waals surface area contributed by atoms with Crippen LogP contribution in [-0.2, 0) is 24.4 Å². The summed E-state index contributed by atoms with van der Waals surface area (Å²) in [6.07, 6.45) is 1.86. The lowest BCUT2D eigenvalue weighted by atomic mass is 11.0. The monoisotopic (exact) mass is 254 g/mol. The summed E-state index contributed by atoms with van der Waals surface area (Å²) in [5, 5.41) is 1.77. The van der Waals surface area contributed by atoms with E-state index in [2.05, 4.69) is 4.74 Å². The van der Waals surface area contributed by atoms with Gasteiger partial charge in [0.2, 0.25) is 0 Å². The highest BCUT2D eigenvalue weighted by Gasteiger charge is 2.00. The minimum absolute atomic E-state index is 0.0240. The maximum absolute atomic E-state index is 10.9. The van der Waals surface area contributed by atoms with E-state index >= 15 is 0 Å². The van der Waals surface area contributed by atoms with Gasteiger partial charge in [-0.15, -0.1) is 0 Å². The summed E-state index contributed by atoms with van der Waals surface area (Å²) in [6.45, 7) is 2.99. The minimum Gasteiger partial charge on any atom is -0.471 e. The van der Waals surface area contributed by atoms with Crippen molar-refractivity contribution in [3.63, 3.8) is 0 Å². The average molecular weight is 254 g/mol. The Bertz CT molecular complexity index is 386. The molecule has 0 aliphatic rings. The highest BCUT2D eigenvalue weighted by Crippen LogP contribution is 1.95. The van der Waals surface area contributed by atoms with Gasteiger partial charge >= 0.3 is 0 Å². The van der Waals surface area contributed by atoms with Gasteiger partial charge in [0.15, 0.2) is 19.7 Å². The summed E-state index contributed by atoms with van der Waals surface area (Å²) >= 11 is 0. The highest BCUT2D eigenvalue weighted by atomic mass is 32.2. The van der Waals surface area contributed by atoms with Crippen molar-refractivity contribution in [2.45, 2.75) is 13.8 Å². The first kappa shape index (κ1) is 14.2. The summed E-state index contributed by atoms with van der Waals surface area (Å²) < 4.78 is 48.2. The Morgan fingerprint density at radius 3 is 1.47 bits per heavy atom. The van der Waals surface area contributed by atoms with Gasteiger partial charge in [-0.05, 0) is 0 Å². The van der Waals surface area contributed by atoms with E-state index in [0.29, 0.717) is 0 Å². The fourth-order valence-corrected chi connectivity index (χ4v) is 1.32. The molecule has 0 fully saturated rings. The second-order valence-corrected chi connectivity index (χ2v) is 6.93.